The van der Waals surface area contributed by atoms with E-state index in [2.05, 4.69) is 51.3 Å². The molecule has 0 bridgehead atoms. The maximum Gasteiger partial charge on any atom is 0.0279 e. The Morgan fingerprint density at radius 2 is 1.60 bits per heavy atom. The fraction of sp³-hybridized carbons (Fsp3) is 0.667. The van der Waals surface area contributed by atoms with Crippen molar-refractivity contribution in [3.05, 3.63) is 34.9 Å². The molecule has 2 heteroatoms. The highest BCUT2D eigenvalue weighted by molar-refractivity contribution is 5.29. The Balaban J connectivity index is 2.08. The van der Waals surface area contributed by atoms with Crippen molar-refractivity contribution < 1.29 is 0 Å². The zero-order valence-corrected chi connectivity index (χ0v) is 13.4. The van der Waals surface area contributed by atoms with Gasteiger partial charge in [-0.15, -0.1) is 0 Å². The van der Waals surface area contributed by atoms with Crippen LogP contribution in [0.2, 0.25) is 0 Å². The van der Waals surface area contributed by atoms with Crippen LogP contribution in [0.3, 0.4) is 0 Å². The van der Waals surface area contributed by atoms with Gasteiger partial charge in [-0.2, -0.15) is 0 Å². The van der Waals surface area contributed by atoms with E-state index in [0.29, 0.717) is 12.0 Å². The van der Waals surface area contributed by atoms with Gasteiger partial charge in [-0.1, -0.05) is 43.2 Å². The van der Waals surface area contributed by atoms with Crippen LogP contribution in [-0.4, -0.2) is 6.04 Å². The minimum absolute atomic E-state index is 0.404. The van der Waals surface area contributed by atoms with Gasteiger partial charge in [0.2, 0.25) is 0 Å². The Bertz CT molecular complexity index is 411. The van der Waals surface area contributed by atoms with E-state index in [0.717, 1.165) is 18.3 Å². The molecule has 0 spiro atoms. The number of hydrogen-bond acceptors (Lipinski definition) is 2. The number of rotatable bonds is 4. The Hall–Kier alpha value is -0.860. The Kier molecular flexibility index (Phi) is 5.22. The second-order valence-electron chi connectivity index (χ2n) is 7.15. The topological polar surface area (TPSA) is 38.0 Å². The van der Waals surface area contributed by atoms with Crippen molar-refractivity contribution in [3.63, 3.8) is 0 Å². The van der Waals surface area contributed by atoms with Crippen LogP contribution in [0.1, 0.15) is 49.8 Å². The van der Waals surface area contributed by atoms with Crippen molar-refractivity contribution in [3.8, 4) is 0 Å². The van der Waals surface area contributed by atoms with Crippen LogP contribution in [0.15, 0.2) is 18.2 Å². The van der Waals surface area contributed by atoms with Crippen LogP contribution >= 0.6 is 0 Å². The van der Waals surface area contributed by atoms with E-state index in [-0.39, 0.29) is 0 Å². The van der Waals surface area contributed by atoms with Crippen LogP contribution in [0, 0.1) is 31.6 Å². The lowest BCUT2D eigenvalue weighted by Gasteiger charge is -2.36. The molecule has 1 fully saturated rings. The molecule has 1 aromatic rings. The van der Waals surface area contributed by atoms with Gasteiger partial charge in [0.25, 0.3) is 0 Å². The molecule has 112 valence electrons. The fourth-order valence-electron chi connectivity index (χ4n) is 4.14. The van der Waals surface area contributed by atoms with Crippen molar-refractivity contribution >= 4 is 0 Å². The SMILES string of the molecule is Cc1cc(C)cc(CC(NN)C2CC(C)CC(C)C2)c1. The second kappa shape index (κ2) is 6.73. The Morgan fingerprint density at radius 1 is 1.05 bits per heavy atom. The molecule has 0 amide bonds. The van der Waals surface area contributed by atoms with Crippen LogP contribution < -0.4 is 11.3 Å². The average molecular weight is 274 g/mol. The molecule has 3 unspecified atom stereocenters. The van der Waals surface area contributed by atoms with Crippen LogP contribution in [0.5, 0.6) is 0 Å². The molecule has 3 N–H and O–H groups in total. The lowest BCUT2D eigenvalue weighted by molar-refractivity contribution is 0.175. The standard InChI is InChI=1S/C18H30N2/c1-12-5-13(2)8-16(7-12)11-18(20-19)17-9-14(3)6-15(4)10-17/h5,7-8,14-15,17-18,20H,6,9-11,19H2,1-4H3. The quantitative estimate of drug-likeness (QED) is 0.648. The van der Waals surface area contributed by atoms with E-state index < -0.39 is 0 Å². The molecule has 0 heterocycles. The third-order valence-electron chi connectivity index (χ3n) is 4.74. The first kappa shape index (κ1) is 15.5. The van der Waals surface area contributed by atoms with Gasteiger partial charge >= 0.3 is 0 Å². The smallest absolute Gasteiger partial charge is 0.0279 e. The highest BCUT2D eigenvalue weighted by Gasteiger charge is 2.29. The van der Waals surface area contributed by atoms with E-state index in [1.54, 1.807) is 0 Å². The fourth-order valence-corrected chi connectivity index (χ4v) is 4.14. The minimum atomic E-state index is 0.404. The van der Waals surface area contributed by atoms with Crippen molar-refractivity contribution in [2.45, 2.75) is 59.4 Å². The van der Waals surface area contributed by atoms with E-state index in [9.17, 15) is 0 Å². The maximum absolute atomic E-state index is 5.87. The summed E-state index contributed by atoms with van der Waals surface area (Å²) in [7, 11) is 0. The first-order valence-corrected chi connectivity index (χ1v) is 8.01. The largest absolute Gasteiger partial charge is 0.271 e. The molecule has 1 aromatic carbocycles. The summed E-state index contributed by atoms with van der Waals surface area (Å²) >= 11 is 0. The molecule has 1 aliphatic carbocycles. The summed E-state index contributed by atoms with van der Waals surface area (Å²) in [6.45, 7) is 9.11. The zero-order valence-electron chi connectivity index (χ0n) is 13.4. The Labute approximate surface area is 124 Å². The van der Waals surface area contributed by atoms with Gasteiger partial charge in [-0.05, 0) is 62.8 Å². The van der Waals surface area contributed by atoms with Crippen molar-refractivity contribution in [2.24, 2.45) is 23.6 Å². The molecule has 2 rings (SSSR count). The van der Waals surface area contributed by atoms with Gasteiger partial charge in [-0.25, -0.2) is 0 Å². The number of nitrogens with two attached hydrogens (primary N) is 1. The van der Waals surface area contributed by atoms with E-state index in [1.807, 2.05) is 0 Å². The zero-order chi connectivity index (χ0) is 14.7. The molecular weight excluding hydrogens is 244 g/mol. The molecule has 2 nitrogen and oxygen atoms in total. The Morgan fingerprint density at radius 3 is 2.10 bits per heavy atom. The van der Waals surface area contributed by atoms with Gasteiger partial charge in [0.1, 0.15) is 0 Å². The predicted octanol–water partition coefficient (Wildman–Crippen LogP) is 3.75. The highest BCUT2D eigenvalue weighted by Crippen LogP contribution is 2.35. The summed E-state index contributed by atoms with van der Waals surface area (Å²) in [5, 5.41) is 0. The molecule has 20 heavy (non-hydrogen) atoms. The third-order valence-corrected chi connectivity index (χ3v) is 4.74. The van der Waals surface area contributed by atoms with Crippen molar-refractivity contribution in [1.29, 1.82) is 0 Å². The van der Waals surface area contributed by atoms with Crippen LogP contribution in [-0.2, 0) is 6.42 Å². The molecule has 0 aliphatic heterocycles. The number of nitrogens with one attached hydrogen (secondary N) is 1. The molecule has 0 aromatic heterocycles. The summed E-state index contributed by atoms with van der Waals surface area (Å²) in [6, 6.07) is 7.24. The molecule has 3 atom stereocenters. The summed E-state index contributed by atoms with van der Waals surface area (Å²) < 4.78 is 0. The molecule has 1 aliphatic rings. The van der Waals surface area contributed by atoms with E-state index >= 15 is 0 Å². The monoisotopic (exact) mass is 274 g/mol. The number of aryl methyl sites for hydroxylation is 2. The minimum Gasteiger partial charge on any atom is -0.271 e. The number of hydrogen-bond donors (Lipinski definition) is 2. The van der Waals surface area contributed by atoms with Gasteiger partial charge in [0.15, 0.2) is 0 Å². The normalized spacial score (nSPS) is 28.4. The molecule has 0 saturated heterocycles. The van der Waals surface area contributed by atoms with Gasteiger partial charge < -0.3 is 0 Å². The first-order chi connectivity index (χ1) is 9.47. The average Bonchev–Trinajstić information content (AvgIpc) is 2.33. The van der Waals surface area contributed by atoms with Gasteiger partial charge in [0.05, 0.1) is 0 Å². The molecule has 1 saturated carbocycles. The van der Waals surface area contributed by atoms with Crippen molar-refractivity contribution in [1.82, 2.24) is 5.43 Å². The number of benzene rings is 1. The molecule has 0 radical (unpaired) electrons. The molecular formula is C18H30N2. The van der Waals surface area contributed by atoms with Gasteiger partial charge in [-0.3, -0.25) is 11.3 Å². The summed E-state index contributed by atoms with van der Waals surface area (Å²) in [6.07, 6.45) is 5.04. The summed E-state index contributed by atoms with van der Waals surface area (Å²) in [4.78, 5) is 0. The van der Waals surface area contributed by atoms with Crippen LogP contribution in [0.4, 0.5) is 0 Å². The third kappa shape index (κ3) is 4.07. The van der Waals surface area contributed by atoms with Gasteiger partial charge in [0, 0.05) is 6.04 Å². The summed E-state index contributed by atoms with van der Waals surface area (Å²) in [5.41, 5.74) is 7.21. The second-order valence-corrected chi connectivity index (χ2v) is 7.15. The van der Waals surface area contributed by atoms with E-state index in [4.69, 9.17) is 5.84 Å². The van der Waals surface area contributed by atoms with E-state index in [1.165, 1.54) is 36.0 Å². The lowest BCUT2D eigenvalue weighted by atomic mass is 9.73. The van der Waals surface area contributed by atoms with Crippen molar-refractivity contribution in [2.75, 3.05) is 0 Å². The van der Waals surface area contributed by atoms with Crippen LogP contribution in [0.25, 0.3) is 0 Å². The predicted molar refractivity (Wildman–Crippen MR) is 86.4 cm³/mol. The maximum atomic E-state index is 5.87. The highest BCUT2D eigenvalue weighted by atomic mass is 15.2. The summed E-state index contributed by atoms with van der Waals surface area (Å²) in [5.74, 6) is 8.24. The number of hydrazine groups is 1. The lowest BCUT2D eigenvalue weighted by Crippen LogP contribution is -2.44. The first-order valence-electron chi connectivity index (χ1n) is 8.01.